The second-order valence-corrected chi connectivity index (χ2v) is 7.29. The van der Waals surface area contributed by atoms with Gasteiger partial charge in [-0.1, -0.05) is 0 Å². The molecular weight excluding hydrogens is 334 g/mol. The summed E-state index contributed by atoms with van der Waals surface area (Å²) in [5.74, 6) is 0.314. The maximum Gasteiger partial charge on any atom is 0.257 e. The summed E-state index contributed by atoms with van der Waals surface area (Å²) in [7, 11) is 1.88. The molecule has 0 spiro atoms. The molecule has 4 heterocycles. The van der Waals surface area contributed by atoms with Crippen LogP contribution in [0.1, 0.15) is 47.3 Å². The third-order valence-electron chi connectivity index (χ3n) is 5.41. The minimum absolute atomic E-state index is 0.0126. The lowest BCUT2D eigenvalue weighted by Crippen LogP contribution is -2.50. The Balaban J connectivity index is 1.54. The van der Waals surface area contributed by atoms with E-state index in [2.05, 4.69) is 15.3 Å². The van der Waals surface area contributed by atoms with Gasteiger partial charge in [0.05, 0.1) is 36.8 Å². The third-order valence-corrected chi connectivity index (χ3v) is 5.41. The molecule has 2 aliphatic heterocycles. The SMILES string of the molecule is Cn1cc(C2(C)CN(C(=O)c3cn[nH]c3C3CCOCC3)CCO2)cn1. The zero-order valence-electron chi connectivity index (χ0n) is 15.3. The van der Waals surface area contributed by atoms with Crippen LogP contribution in [0.15, 0.2) is 18.6 Å². The minimum Gasteiger partial charge on any atom is -0.381 e. The molecule has 2 aromatic heterocycles. The predicted octanol–water partition coefficient (Wildman–Crippen LogP) is 1.42. The maximum absolute atomic E-state index is 13.2. The van der Waals surface area contributed by atoms with E-state index >= 15 is 0 Å². The highest BCUT2D eigenvalue weighted by Gasteiger charge is 2.38. The molecule has 26 heavy (non-hydrogen) atoms. The van der Waals surface area contributed by atoms with Gasteiger partial charge in [-0.25, -0.2) is 0 Å². The van der Waals surface area contributed by atoms with Crippen molar-refractivity contribution in [3.63, 3.8) is 0 Å². The Morgan fingerprint density at radius 3 is 2.85 bits per heavy atom. The average molecular weight is 359 g/mol. The summed E-state index contributed by atoms with van der Waals surface area (Å²) in [6, 6.07) is 0. The van der Waals surface area contributed by atoms with E-state index in [9.17, 15) is 4.79 Å². The van der Waals surface area contributed by atoms with Gasteiger partial charge in [-0.2, -0.15) is 10.2 Å². The molecular formula is C18H25N5O3. The molecule has 2 fully saturated rings. The number of ether oxygens (including phenoxy) is 2. The molecule has 1 N–H and O–H groups in total. The fraction of sp³-hybridized carbons (Fsp3) is 0.611. The number of morpholine rings is 1. The number of nitrogens with one attached hydrogen (secondary N) is 1. The summed E-state index contributed by atoms with van der Waals surface area (Å²) in [6.07, 6.45) is 7.24. The molecule has 8 nitrogen and oxygen atoms in total. The Morgan fingerprint density at radius 1 is 1.31 bits per heavy atom. The summed E-state index contributed by atoms with van der Waals surface area (Å²) in [5.41, 5.74) is 2.04. The van der Waals surface area contributed by atoms with Crippen molar-refractivity contribution >= 4 is 5.91 Å². The molecule has 2 aliphatic rings. The number of rotatable bonds is 3. The van der Waals surface area contributed by atoms with Crippen LogP contribution >= 0.6 is 0 Å². The first kappa shape index (κ1) is 17.2. The number of H-pyrrole nitrogens is 1. The second-order valence-electron chi connectivity index (χ2n) is 7.29. The van der Waals surface area contributed by atoms with Gasteiger partial charge in [0.25, 0.3) is 5.91 Å². The molecule has 140 valence electrons. The Labute approximate surface area is 152 Å². The summed E-state index contributed by atoms with van der Waals surface area (Å²) in [6.45, 7) is 5.05. The molecule has 4 rings (SSSR count). The number of aromatic amines is 1. The van der Waals surface area contributed by atoms with Crippen LogP contribution in [0.5, 0.6) is 0 Å². The number of nitrogens with zero attached hydrogens (tertiary/aromatic N) is 4. The predicted molar refractivity (Wildman–Crippen MR) is 93.8 cm³/mol. The lowest BCUT2D eigenvalue weighted by Gasteiger charge is -2.40. The van der Waals surface area contributed by atoms with Crippen LogP contribution in [0, 0.1) is 0 Å². The first-order valence-electron chi connectivity index (χ1n) is 9.10. The number of aryl methyl sites for hydroxylation is 1. The zero-order chi connectivity index (χ0) is 18.1. The van der Waals surface area contributed by atoms with Crippen molar-refractivity contribution in [1.29, 1.82) is 0 Å². The summed E-state index contributed by atoms with van der Waals surface area (Å²) >= 11 is 0. The van der Waals surface area contributed by atoms with E-state index in [1.807, 2.05) is 25.1 Å². The summed E-state index contributed by atoms with van der Waals surface area (Å²) < 4.78 is 13.2. The van der Waals surface area contributed by atoms with Gasteiger partial charge in [-0.15, -0.1) is 0 Å². The number of hydrogen-bond acceptors (Lipinski definition) is 5. The van der Waals surface area contributed by atoms with Crippen LogP contribution in [0.3, 0.4) is 0 Å². The normalized spacial score (nSPS) is 24.8. The van der Waals surface area contributed by atoms with Gasteiger partial charge in [0.15, 0.2) is 0 Å². The molecule has 0 bridgehead atoms. The Bertz CT molecular complexity index is 779. The Kier molecular flexibility index (Phi) is 4.54. The van der Waals surface area contributed by atoms with Gasteiger partial charge in [-0.3, -0.25) is 14.6 Å². The van der Waals surface area contributed by atoms with Gasteiger partial charge in [0, 0.05) is 44.5 Å². The molecule has 0 aliphatic carbocycles. The van der Waals surface area contributed by atoms with Crippen LogP contribution < -0.4 is 0 Å². The van der Waals surface area contributed by atoms with Crippen molar-refractivity contribution < 1.29 is 14.3 Å². The number of hydrogen-bond donors (Lipinski definition) is 1. The topological polar surface area (TPSA) is 85.3 Å². The van der Waals surface area contributed by atoms with Crippen molar-refractivity contribution in [2.75, 3.05) is 32.9 Å². The fourth-order valence-electron chi connectivity index (χ4n) is 3.85. The van der Waals surface area contributed by atoms with Crippen LogP contribution in [0.2, 0.25) is 0 Å². The molecule has 1 amide bonds. The highest BCUT2D eigenvalue weighted by molar-refractivity contribution is 5.95. The maximum atomic E-state index is 13.2. The lowest BCUT2D eigenvalue weighted by atomic mass is 9.92. The first-order chi connectivity index (χ1) is 12.6. The van der Waals surface area contributed by atoms with Crippen molar-refractivity contribution in [2.45, 2.75) is 31.3 Å². The quantitative estimate of drug-likeness (QED) is 0.896. The average Bonchev–Trinajstić information content (AvgIpc) is 3.31. The highest BCUT2D eigenvalue weighted by Crippen LogP contribution is 2.32. The van der Waals surface area contributed by atoms with Crippen LogP contribution in [-0.2, 0) is 22.1 Å². The van der Waals surface area contributed by atoms with Crippen molar-refractivity contribution in [2.24, 2.45) is 7.05 Å². The fourth-order valence-corrected chi connectivity index (χ4v) is 3.85. The van der Waals surface area contributed by atoms with Gasteiger partial charge >= 0.3 is 0 Å². The van der Waals surface area contributed by atoms with Crippen molar-refractivity contribution in [3.8, 4) is 0 Å². The molecule has 1 atom stereocenters. The minimum atomic E-state index is -0.551. The van der Waals surface area contributed by atoms with E-state index in [4.69, 9.17) is 9.47 Å². The molecule has 0 saturated carbocycles. The number of carbonyl (C=O) groups is 1. The molecule has 2 saturated heterocycles. The number of carbonyl (C=O) groups excluding carboxylic acids is 1. The molecule has 1 unspecified atom stereocenters. The van der Waals surface area contributed by atoms with E-state index in [0.717, 1.165) is 37.3 Å². The van der Waals surface area contributed by atoms with Crippen molar-refractivity contribution in [1.82, 2.24) is 24.9 Å². The molecule has 2 aromatic rings. The zero-order valence-corrected chi connectivity index (χ0v) is 15.3. The monoisotopic (exact) mass is 359 g/mol. The lowest BCUT2D eigenvalue weighted by molar-refractivity contribution is -0.0931. The van der Waals surface area contributed by atoms with Crippen LogP contribution in [-0.4, -0.2) is 63.7 Å². The molecule has 8 heteroatoms. The second kappa shape index (κ2) is 6.85. The number of amides is 1. The van der Waals surface area contributed by atoms with Gasteiger partial charge in [0.2, 0.25) is 0 Å². The Morgan fingerprint density at radius 2 is 2.12 bits per heavy atom. The molecule has 0 aromatic carbocycles. The third kappa shape index (κ3) is 3.14. The highest BCUT2D eigenvalue weighted by atomic mass is 16.5. The van der Waals surface area contributed by atoms with Gasteiger partial charge in [0.1, 0.15) is 5.60 Å². The number of aromatic nitrogens is 4. The van der Waals surface area contributed by atoms with E-state index < -0.39 is 5.60 Å². The van der Waals surface area contributed by atoms with E-state index in [1.165, 1.54) is 0 Å². The van der Waals surface area contributed by atoms with Gasteiger partial charge < -0.3 is 14.4 Å². The van der Waals surface area contributed by atoms with Crippen molar-refractivity contribution in [3.05, 3.63) is 35.4 Å². The summed E-state index contributed by atoms with van der Waals surface area (Å²) in [4.78, 5) is 15.1. The van der Waals surface area contributed by atoms with Crippen LogP contribution in [0.4, 0.5) is 0 Å². The van der Waals surface area contributed by atoms with Gasteiger partial charge in [-0.05, 0) is 19.8 Å². The van der Waals surface area contributed by atoms with E-state index in [1.54, 1.807) is 17.1 Å². The molecule has 0 radical (unpaired) electrons. The first-order valence-corrected chi connectivity index (χ1v) is 9.10. The Hall–Kier alpha value is -2.19. The standard InChI is InChI=1S/C18H25N5O3/c1-18(14-9-20-22(2)11-14)12-23(5-8-26-18)17(24)15-10-19-21-16(15)13-3-6-25-7-4-13/h9-11,13H,3-8,12H2,1-2H3,(H,19,21). The summed E-state index contributed by atoms with van der Waals surface area (Å²) in [5, 5.41) is 11.4. The van der Waals surface area contributed by atoms with Crippen LogP contribution in [0.25, 0.3) is 0 Å². The smallest absolute Gasteiger partial charge is 0.257 e. The van der Waals surface area contributed by atoms with E-state index in [0.29, 0.717) is 31.2 Å². The van der Waals surface area contributed by atoms with E-state index in [-0.39, 0.29) is 5.91 Å². The largest absolute Gasteiger partial charge is 0.381 e.